The Hall–Kier alpha value is -2.76. The highest BCUT2D eigenvalue weighted by molar-refractivity contribution is 5.95. The summed E-state index contributed by atoms with van der Waals surface area (Å²) in [5.41, 5.74) is 1.35. The molecule has 0 spiro atoms. The van der Waals surface area contributed by atoms with E-state index in [1.54, 1.807) is 19.2 Å². The Morgan fingerprint density at radius 1 is 1.26 bits per heavy atom. The minimum Gasteiger partial charge on any atom is -0.478 e. The summed E-state index contributed by atoms with van der Waals surface area (Å²) < 4.78 is 5.62. The van der Waals surface area contributed by atoms with Crippen molar-refractivity contribution in [3.8, 4) is 0 Å². The predicted octanol–water partition coefficient (Wildman–Crippen LogP) is 3.12. The summed E-state index contributed by atoms with van der Waals surface area (Å²) in [7, 11) is 0. The van der Waals surface area contributed by atoms with Gasteiger partial charge in [0.2, 0.25) is 16.9 Å². The van der Waals surface area contributed by atoms with Crippen LogP contribution in [0, 0.1) is 0 Å². The third-order valence-corrected chi connectivity index (χ3v) is 3.85. The van der Waals surface area contributed by atoms with E-state index in [1.807, 2.05) is 13.8 Å². The third-order valence-electron chi connectivity index (χ3n) is 3.85. The van der Waals surface area contributed by atoms with Gasteiger partial charge in [0.15, 0.2) is 0 Å². The van der Waals surface area contributed by atoms with Gasteiger partial charge in [0.1, 0.15) is 0 Å². The molecule has 0 bridgehead atoms. The molecule has 0 fully saturated rings. The van der Waals surface area contributed by atoms with Gasteiger partial charge in [-0.25, -0.2) is 14.8 Å². The predicted molar refractivity (Wildman–Crippen MR) is 86.0 cm³/mol. The third kappa shape index (κ3) is 2.46. The lowest BCUT2D eigenvalue weighted by molar-refractivity contribution is 0.0695. The fourth-order valence-electron chi connectivity index (χ4n) is 2.49. The maximum absolute atomic E-state index is 12.7. The average molecular weight is 312 g/mol. The number of rotatable bonds is 3. The van der Waals surface area contributed by atoms with Gasteiger partial charge in [0, 0.05) is 6.20 Å². The van der Waals surface area contributed by atoms with Crippen molar-refractivity contribution in [2.24, 2.45) is 0 Å². The minimum atomic E-state index is -1.11. The lowest BCUT2D eigenvalue weighted by Gasteiger charge is -2.08. The average Bonchev–Trinajstić information content (AvgIpc) is 2.53. The molecule has 0 atom stereocenters. The molecule has 1 N–H and O–H groups in total. The normalized spacial score (nSPS) is 11.5. The molecule has 0 aliphatic carbocycles. The van der Waals surface area contributed by atoms with E-state index in [0.717, 1.165) is 5.56 Å². The molecule has 0 aliphatic rings. The maximum Gasteiger partial charge on any atom is 0.337 e. The second kappa shape index (κ2) is 5.46. The standard InChI is InChI=1S/C17H16N2O4/c1-4-13-10(17(21)22)6-12-14(20)11-5-9(8(2)3)7-18-15(11)23-16(12)19-13/h5-8H,4H2,1-3H3,(H,21,22). The molecule has 0 amide bonds. The van der Waals surface area contributed by atoms with Crippen LogP contribution in [0.1, 0.15) is 48.3 Å². The molecule has 0 saturated carbocycles. The van der Waals surface area contributed by atoms with Crippen LogP contribution in [0.5, 0.6) is 0 Å². The highest BCUT2D eigenvalue weighted by Crippen LogP contribution is 2.22. The van der Waals surface area contributed by atoms with Gasteiger partial charge in [0.05, 0.1) is 22.0 Å². The molecular weight excluding hydrogens is 296 g/mol. The van der Waals surface area contributed by atoms with Crippen molar-refractivity contribution in [1.29, 1.82) is 0 Å². The zero-order valence-electron chi connectivity index (χ0n) is 13.1. The molecule has 0 aliphatic heterocycles. The summed E-state index contributed by atoms with van der Waals surface area (Å²) in [5, 5.41) is 9.79. The molecule has 0 radical (unpaired) electrons. The Balaban J connectivity index is 2.41. The molecule has 3 aromatic heterocycles. The minimum absolute atomic E-state index is 0.0274. The topological polar surface area (TPSA) is 93.3 Å². The summed E-state index contributed by atoms with van der Waals surface area (Å²) in [4.78, 5) is 32.5. The number of carboxylic acid groups (broad SMARTS) is 1. The van der Waals surface area contributed by atoms with Gasteiger partial charge in [0.25, 0.3) is 0 Å². The highest BCUT2D eigenvalue weighted by atomic mass is 16.4. The van der Waals surface area contributed by atoms with Gasteiger partial charge in [-0.15, -0.1) is 0 Å². The van der Waals surface area contributed by atoms with E-state index in [9.17, 15) is 14.7 Å². The van der Waals surface area contributed by atoms with Crippen LogP contribution in [-0.2, 0) is 6.42 Å². The van der Waals surface area contributed by atoms with E-state index < -0.39 is 5.97 Å². The number of hydrogen-bond donors (Lipinski definition) is 1. The number of pyridine rings is 2. The van der Waals surface area contributed by atoms with Crippen LogP contribution >= 0.6 is 0 Å². The first kappa shape index (κ1) is 15.1. The number of fused-ring (bicyclic) bond motifs is 2. The van der Waals surface area contributed by atoms with E-state index in [0.29, 0.717) is 17.5 Å². The maximum atomic E-state index is 12.7. The number of aromatic carboxylic acids is 1. The van der Waals surface area contributed by atoms with Crippen LogP contribution in [0.4, 0.5) is 0 Å². The van der Waals surface area contributed by atoms with Crippen molar-refractivity contribution in [2.75, 3.05) is 0 Å². The summed E-state index contributed by atoms with van der Waals surface area (Å²) in [6, 6.07) is 3.09. The molecule has 118 valence electrons. The fraction of sp³-hybridized carbons (Fsp3) is 0.294. The molecule has 0 aromatic carbocycles. The highest BCUT2D eigenvalue weighted by Gasteiger charge is 2.17. The summed E-state index contributed by atoms with van der Waals surface area (Å²) >= 11 is 0. The van der Waals surface area contributed by atoms with E-state index in [2.05, 4.69) is 9.97 Å². The monoisotopic (exact) mass is 312 g/mol. The van der Waals surface area contributed by atoms with Crippen molar-refractivity contribution in [2.45, 2.75) is 33.1 Å². The molecule has 3 rings (SSSR count). The second-order valence-corrected chi connectivity index (χ2v) is 5.70. The number of hydrogen-bond acceptors (Lipinski definition) is 5. The zero-order chi connectivity index (χ0) is 16.7. The Bertz CT molecular complexity index is 989. The van der Waals surface area contributed by atoms with E-state index in [1.165, 1.54) is 6.07 Å². The Labute approximate surface area is 131 Å². The van der Waals surface area contributed by atoms with Crippen molar-refractivity contribution >= 4 is 28.2 Å². The lowest BCUT2D eigenvalue weighted by Crippen LogP contribution is -2.10. The molecule has 3 heterocycles. The molecule has 0 saturated heterocycles. The molecule has 6 heteroatoms. The summed E-state index contributed by atoms with van der Waals surface area (Å²) in [5.74, 6) is -0.887. The van der Waals surface area contributed by atoms with Gasteiger partial charge in [-0.1, -0.05) is 20.8 Å². The zero-order valence-corrected chi connectivity index (χ0v) is 13.1. The smallest absolute Gasteiger partial charge is 0.337 e. The molecule has 23 heavy (non-hydrogen) atoms. The van der Waals surface area contributed by atoms with E-state index in [-0.39, 0.29) is 33.7 Å². The van der Waals surface area contributed by atoms with E-state index in [4.69, 9.17) is 4.42 Å². The number of aromatic nitrogens is 2. The number of carbonyl (C=O) groups is 1. The van der Waals surface area contributed by atoms with Crippen LogP contribution in [0.3, 0.4) is 0 Å². The van der Waals surface area contributed by atoms with Gasteiger partial charge < -0.3 is 9.52 Å². The van der Waals surface area contributed by atoms with Crippen LogP contribution in [0.2, 0.25) is 0 Å². The quantitative estimate of drug-likeness (QED) is 0.747. The van der Waals surface area contributed by atoms with Crippen LogP contribution in [0.15, 0.2) is 27.5 Å². The fourth-order valence-corrected chi connectivity index (χ4v) is 2.49. The summed E-state index contributed by atoms with van der Waals surface area (Å²) in [6.07, 6.45) is 2.10. The first-order valence-electron chi connectivity index (χ1n) is 7.42. The number of nitrogens with zero attached hydrogens (tertiary/aromatic N) is 2. The Kier molecular flexibility index (Phi) is 3.60. The van der Waals surface area contributed by atoms with Gasteiger partial charge >= 0.3 is 5.97 Å². The Morgan fingerprint density at radius 2 is 1.96 bits per heavy atom. The first-order valence-corrected chi connectivity index (χ1v) is 7.42. The lowest BCUT2D eigenvalue weighted by atomic mass is 10.0. The first-order chi connectivity index (χ1) is 10.9. The van der Waals surface area contributed by atoms with Crippen LogP contribution < -0.4 is 5.43 Å². The molecule has 3 aromatic rings. The SMILES string of the molecule is CCc1nc2oc3ncc(C(C)C)cc3c(=O)c2cc1C(=O)O. The van der Waals surface area contributed by atoms with Crippen LogP contribution in [0.25, 0.3) is 22.2 Å². The number of aryl methyl sites for hydroxylation is 1. The van der Waals surface area contributed by atoms with E-state index >= 15 is 0 Å². The Morgan fingerprint density at radius 3 is 2.57 bits per heavy atom. The summed E-state index contributed by atoms with van der Waals surface area (Å²) in [6.45, 7) is 5.80. The second-order valence-electron chi connectivity index (χ2n) is 5.70. The molecule has 6 nitrogen and oxygen atoms in total. The van der Waals surface area contributed by atoms with Gasteiger partial charge in [-0.3, -0.25) is 4.79 Å². The molecular formula is C17H16N2O4. The molecule has 0 unspecified atom stereocenters. The van der Waals surface area contributed by atoms with Crippen molar-refractivity contribution < 1.29 is 14.3 Å². The van der Waals surface area contributed by atoms with Gasteiger partial charge in [-0.05, 0) is 30.0 Å². The van der Waals surface area contributed by atoms with Crippen molar-refractivity contribution in [3.05, 3.63) is 45.4 Å². The van der Waals surface area contributed by atoms with Crippen molar-refractivity contribution in [1.82, 2.24) is 9.97 Å². The van der Waals surface area contributed by atoms with Crippen molar-refractivity contribution in [3.63, 3.8) is 0 Å². The number of carboxylic acids is 1. The van der Waals surface area contributed by atoms with Gasteiger partial charge in [-0.2, -0.15) is 0 Å². The largest absolute Gasteiger partial charge is 0.478 e. The van der Waals surface area contributed by atoms with Crippen LogP contribution in [-0.4, -0.2) is 21.0 Å².